The molecule has 424 valence electrons. The summed E-state index contributed by atoms with van der Waals surface area (Å²) in [6.45, 7) is 6.60. The van der Waals surface area contributed by atoms with Gasteiger partial charge in [0.25, 0.3) is 0 Å². The van der Waals surface area contributed by atoms with Gasteiger partial charge in [-0.2, -0.15) is 0 Å². The first kappa shape index (κ1) is 69.9. The minimum absolute atomic E-state index is 0.0687. The zero-order valence-corrected chi connectivity index (χ0v) is 48.7. The van der Waals surface area contributed by atoms with Crippen molar-refractivity contribution < 1.29 is 28.6 Å². The Balaban J connectivity index is 3.92. The Morgan fingerprint density at radius 1 is 0.264 bits per heavy atom. The molecular formula is C66H124O6. The van der Waals surface area contributed by atoms with Crippen molar-refractivity contribution in [2.24, 2.45) is 0 Å². The molecular weight excluding hydrogens is 889 g/mol. The van der Waals surface area contributed by atoms with Crippen LogP contribution in [0.3, 0.4) is 0 Å². The van der Waals surface area contributed by atoms with Crippen LogP contribution < -0.4 is 0 Å². The van der Waals surface area contributed by atoms with E-state index in [0.717, 1.165) is 64.2 Å². The lowest BCUT2D eigenvalue weighted by Crippen LogP contribution is -2.30. The maximum Gasteiger partial charge on any atom is 0.306 e. The molecule has 0 aliphatic carbocycles. The van der Waals surface area contributed by atoms with E-state index in [2.05, 4.69) is 45.1 Å². The quantitative estimate of drug-likeness (QED) is 0.0261. The van der Waals surface area contributed by atoms with Crippen LogP contribution in [0.1, 0.15) is 361 Å². The lowest BCUT2D eigenvalue weighted by atomic mass is 10.0. The van der Waals surface area contributed by atoms with Crippen molar-refractivity contribution in [2.45, 2.75) is 367 Å². The van der Waals surface area contributed by atoms with Crippen LogP contribution in [-0.2, 0) is 28.6 Å². The van der Waals surface area contributed by atoms with Gasteiger partial charge in [-0.25, -0.2) is 0 Å². The third kappa shape index (κ3) is 58.8. The molecule has 0 fully saturated rings. The molecule has 6 heteroatoms. The molecule has 0 spiro atoms. The number of hydrogen-bond donors (Lipinski definition) is 0. The van der Waals surface area contributed by atoms with E-state index in [0.29, 0.717) is 19.3 Å². The monoisotopic (exact) mass is 1010 g/mol. The fourth-order valence-electron chi connectivity index (χ4n) is 9.79. The van der Waals surface area contributed by atoms with Gasteiger partial charge in [-0.1, -0.05) is 295 Å². The minimum atomic E-state index is -0.767. The normalized spacial score (nSPS) is 12.1. The fraction of sp³-hybridized carbons (Fsp3) is 0.894. The molecule has 0 bridgehead atoms. The van der Waals surface area contributed by atoms with E-state index >= 15 is 0 Å². The molecule has 0 heterocycles. The highest BCUT2D eigenvalue weighted by atomic mass is 16.6. The number of allylic oxidation sites excluding steroid dienone is 4. The van der Waals surface area contributed by atoms with E-state index < -0.39 is 6.10 Å². The fourth-order valence-corrected chi connectivity index (χ4v) is 9.79. The molecule has 0 saturated heterocycles. The number of carbonyl (C=O) groups is 3. The second-order valence-corrected chi connectivity index (χ2v) is 22.0. The molecule has 6 nitrogen and oxygen atoms in total. The SMILES string of the molecule is CCCCCCCCC/C=C\CCCCCCCCCC(=O)OC(COC(=O)CCCCCCC)COC(=O)CCCCCCCCCCCCCCCCCCCCC/C=C\CCCCCCCCCC. The molecule has 72 heavy (non-hydrogen) atoms. The summed E-state index contributed by atoms with van der Waals surface area (Å²) >= 11 is 0. The first-order chi connectivity index (χ1) is 35.5. The van der Waals surface area contributed by atoms with Crippen molar-refractivity contribution in [3.05, 3.63) is 24.3 Å². The molecule has 0 saturated carbocycles. The number of hydrogen-bond acceptors (Lipinski definition) is 6. The second-order valence-electron chi connectivity index (χ2n) is 22.0. The van der Waals surface area contributed by atoms with E-state index in [1.165, 1.54) is 257 Å². The summed E-state index contributed by atoms with van der Waals surface area (Å²) in [5.41, 5.74) is 0. The average molecular weight is 1010 g/mol. The molecule has 0 aliphatic rings. The van der Waals surface area contributed by atoms with Gasteiger partial charge in [-0.3, -0.25) is 14.4 Å². The minimum Gasteiger partial charge on any atom is -0.462 e. The highest BCUT2D eigenvalue weighted by Crippen LogP contribution is 2.18. The standard InChI is InChI=1S/C66H124O6/c1-4-7-10-13-15-17-19-21-23-25-27-28-29-30-31-32-33-34-35-36-37-38-39-41-42-44-46-48-50-53-56-59-65(68)71-62-63(61-70-64(67)58-55-52-12-9-6-3)72-66(69)60-57-54-51-49-47-45-43-40-26-24-22-20-18-16-14-11-8-5-2/h24-27,63H,4-23,28-62H2,1-3H3/b26-24-,27-25-. The van der Waals surface area contributed by atoms with E-state index in [1.54, 1.807) is 0 Å². The Hall–Kier alpha value is -2.11. The molecule has 0 rings (SSSR count). The Bertz CT molecular complexity index is 1160. The van der Waals surface area contributed by atoms with E-state index in [4.69, 9.17) is 14.2 Å². The van der Waals surface area contributed by atoms with Crippen molar-refractivity contribution in [1.29, 1.82) is 0 Å². The predicted octanol–water partition coefficient (Wildman–Crippen LogP) is 21.8. The van der Waals surface area contributed by atoms with Crippen molar-refractivity contribution in [3.8, 4) is 0 Å². The van der Waals surface area contributed by atoms with Crippen molar-refractivity contribution in [1.82, 2.24) is 0 Å². The first-order valence-electron chi connectivity index (χ1n) is 32.3. The zero-order chi connectivity index (χ0) is 52.2. The summed E-state index contributed by atoms with van der Waals surface area (Å²) in [6.07, 6.45) is 74.0. The van der Waals surface area contributed by atoms with Crippen LogP contribution in [0, 0.1) is 0 Å². The van der Waals surface area contributed by atoms with Crippen LogP contribution in [0.5, 0.6) is 0 Å². The number of rotatable bonds is 60. The van der Waals surface area contributed by atoms with E-state index in [1.807, 2.05) is 0 Å². The van der Waals surface area contributed by atoms with Crippen LogP contribution >= 0.6 is 0 Å². The maximum atomic E-state index is 12.8. The summed E-state index contributed by atoms with van der Waals surface area (Å²) < 4.78 is 16.8. The van der Waals surface area contributed by atoms with Crippen LogP contribution in [0.2, 0.25) is 0 Å². The van der Waals surface area contributed by atoms with Crippen molar-refractivity contribution in [2.75, 3.05) is 13.2 Å². The van der Waals surface area contributed by atoms with Gasteiger partial charge in [0.2, 0.25) is 0 Å². The molecule has 0 aliphatic heterocycles. The summed E-state index contributed by atoms with van der Waals surface area (Å²) in [5.74, 6) is -0.866. The maximum absolute atomic E-state index is 12.8. The largest absolute Gasteiger partial charge is 0.462 e. The molecule has 0 radical (unpaired) electrons. The molecule has 0 amide bonds. The molecule has 0 aromatic carbocycles. The van der Waals surface area contributed by atoms with Crippen LogP contribution in [-0.4, -0.2) is 37.2 Å². The van der Waals surface area contributed by atoms with Crippen molar-refractivity contribution in [3.63, 3.8) is 0 Å². The van der Waals surface area contributed by atoms with Gasteiger partial charge < -0.3 is 14.2 Å². The number of esters is 3. The lowest BCUT2D eigenvalue weighted by Gasteiger charge is -2.18. The summed E-state index contributed by atoms with van der Waals surface area (Å²) in [7, 11) is 0. The topological polar surface area (TPSA) is 78.9 Å². The van der Waals surface area contributed by atoms with Gasteiger partial charge in [-0.15, -0.1) is 0 Å². The molecule has 0 N–H and O–H groups in total. The predicted molar refractivity (Wildman–Crippen MR) is 312 cm³/mol. The third-order valence-corrected chi connectivity index (χ3v) is 14.7. The van der Waals surface area contributed by atoms with Gasteiger partial charge in [0.05, 0.1) is 0 Å². The third-order valence-electron chi connectivity index (χ3n) is 14.7. The Morgan fingerprint density at radius 3 is 0.694 bits per heavy atom. The highest BCUT2D eigenvalue weighted by molar-refractivity contribution is 5.71. The number of ether oxygens (including phenoxy) is 3. The van der Waals surface area contributed by atoms with Gasteiger partial charge in [0.1, 0.15) is 13.2 Å². The Labute approximate surface area is 449 Å². The molecule has 0 aromatic heterocycles. The smallest absolute Gasteiger partial charge is 0.306 e. The van der Waals surface area contributed by atoms with E-state index in [9.17, 15) is 14.4 Å². The van der Waals surface area contributed by atoms with Gasteiger partial charge in [0.15, 0.2) is 6.10 Å². The summed E-state index contributed by atoms with van der Waals surface area (Å²) in [6, 6.07) is 0. The Kier molecular flexibility index (Phi) is 59.6. The molecule has 1 atom stereocenters. The van der Waals surface area contributed by atoms with Gasteiger partial charge in [-0.05, 0) is 70.6 Å². The van der Waals surface area contributed by atoms with Gasteiger partial charge >= 0.3 is 17.9 Å². The average Bonchev–Trinajstić information content (AvgIpc) is 3.38. The van der Waals surface area contributed by atoms with Crippen LogP contribution in [0.25, 0.3) is 0 Å². The number of carbonyl (C=O) groups excluding carboxylic acids is 3. The number of unbranched alkanes of at least 4 members (excludes halogenated alkanes) is 45. The Morgan fingerprint density at radius 2 is 0.458 bits per heavy atom. The first-order valence-corrected chi connectivity index (χ1v) is 32.3. The summed E-state index contributed by atoms with van der Waals surface area (Å²) in [4.78, 5) is 37.9. The van der Waals surface area contributed by atoms with Crippen LogP contribution in [0.15, 0.2) is 24.3 Å². The van der Waals surface area contributed by atoms with Crippen molar-refractivity contribution >= 4 is 17.9 Å². The van der Waals surface area contributed by atoms with Gasteiger partial charge in [0, 0.05) is 19.3 Å². The molecule has 0 aromatic rings. The molecule has 1 unspecified atom stereocenters. The zero-order valence-electron chi connectivity index (χ0n) is 48.7. The highest BCUT2D eigenvalue weighted by Gasteiger charge is 2.19. The summed E-state index contributed by atoms with van der Waals surface area (Å²) in [5, 5.41) is 0. The van der Waals surface area contributed by atoms with Crippen LogP contribution in [0.4, 0.5) is 0 Å². The second kappa shape index (κ2) is 61.4. The lowest BCUT2D eigenvalue weighted by molar-refractivity contribution is -0.167. The van der Waals surface area contributed by atoms with E-state index in [-0.39, 0.29) is 31.1 Å².